The summed E-state index contributed by atoms with van der Waals surface area (Å²) in [7, 11) is -2.27. The Hall–Kier alpha value is -4.18. The minimum atomic E-state index is -3.94. The topological polar surface area (TPSA) is 187 Å². The molecule has 1 saturated heterocycles. The Bertz CT molecular complexity index is 2420. The number of rotatable bonds is 27. The Kier molecular flexibility index (Phi) is 22.6. The molecule has 0 radical (unpaired) electrons. The molecule has 1 aliphatic carbocycles. The number of aromatic nitrogens is 4. The van der Waals surface area contributed by atoms with Crippen LogP contribution in [0.5, 0.6) is 11.5 Å². The van der Waals surface area contributed by atoms with Gasteiger partial charge < -0.3 is 65.4 Å². The summed E-state index contributed by atoms with van der Waals surface area (Å²) in [6, 6.07) is 26.0. The molecule has 2 N–H and O–H groups in total. The van der Waals surface area contributed by atoms with Crippen LogP contribution in [0.2, 0.25) is 39.3 Å². The molecule has 1 saturated carbocycles. The number of hydrogen-bond acceptors (Lipinski definition) is 17. The molecule has 0 spiro atoms. The lowest BCUT2D eigenvalue weighted by Crippen LogP contribution is -2.61. The zero-order valence-corrected chi connectivity index (χ0v) is 50.1. The lowest BCUT2D eigenvalue weighted by molar-refractivity contribution is -0.321. The van der Waals surface area contributed by atoms with Gasteiger partial charge in [-0.1, -0.05) is 112 Å². The number of hydrogen-bond donors (Lipinski definition) is 2. The van der Waals surface area contributed by atoms with Crippen LogP contribution >= 0.6 is 0 Å². The second-order valence-corrected chi connectivity index (χ2v) is 33.3. The van der Waals surface area contributed by atoms with Gasteiger partial charge in [-0.05, 0) is 93.1 Å². The van der Waals surface area contributed by atoms with E-state index in [9.17, 15) is 5.11 Å². The fourth-order valence-corrected chi connectivity index (χ4v) is 18.4. The minimum absolute atomic E-state index is 0.115. The van der Waals surface area contributed by atoms with E-state index in [4.69, 9.17) is 69.9 Å². The molecule has 18 nitrogen and oxygen atoms in total. The molecule has 2 aromatic heterocycles. The monoisotopic (exact) mass is 1120 g/mol. The first-order chi connectivity index (χ1) is 37.1. The van der Waals surface area contributed by atoms with Crippen LogP contribution in [0.3, 0.4) is 0 Å². The number of benzene rings is 3. The molecule has 7 rings (SSSR count). The summed E-state index contributed by atoms with van der Waals surface area (Å²) in [6.45, 7) is 12.2. The van der Waals surface area contributed by atoms with E-state index in [1.807, 2.05) is 66.7 Å². The van der Waals surface area contributed by atoms with Crippen LogP contribution in [-0.4, -0.2) is 143 Å². The molecule has 3 heterocycles. The summed E-state index contributed by atoms with van der Waals surface area (Å²) in [5.41, 5.74) is 2.53. The second-order valence-electron chi connectivity index (χ2n) is 21.7. The smallest absolute Gasteiger partial charge is 0.497 e. The molecule has 21 heteroatoms. The zero-order valence-electron chi connectivity index (χ0n) is 47.1. The van der Waals surface area contributed by atoms with Crippen molar-refractivity contribution in [3.63, 3.8) is 0 Å². The highest BCUT2D eigenvalue weighted by Crippen LogP contribution is 2.43. The van der Waals surface area contributed by atoms with Gasteiger partial charge in [-0.3, -0.25) is 4.57 Å². The predicted molar refractivity (Wildman–Crippen MR) is 302 cm³/mol. The maximum atomic E-state index is 12.6. The van der Waals surface area contributed by atoms with Crippen LogP contribution in [0.1, 0.15) is 93.5 Å². The summed E-state index contributed by atoms with van der Waals surface area (Å²) < 4.78 is 77.7. The van der Waals surface area contributed by atoms with Crippen LogP contribution in [0.15, 0.2) is 91.5 Å². The first-order valence-corrected chi connectivity index (χ1v) is 35.8. The maximum Gasteiger partial charge on any atom is 0.658 e. The summed E-state index contributed by atoms with van der Waals surface area (Å²) in [6.07, 6.45) is 11.0. The Balaban J connectivity index is 1.29. The van der Waals surface area contributed by atoms with Crippen molar-refractivity contribution in [2.24, 2.45) is 0 Å². The van der Waals surface area contributed by atoms with Gasteiger partial charge in [-0.2, -0.15) is 0 Å². The molecule has 3 aromatic carbocycles. The van der Waals surface area contributed by atoms with Crippen molar-refractivity contribution in [1.29, 1.82) is 0 Å². The highest BCUT2D eigenvalue weighted by Gasteiger charge is 2.56. The molecule has 0 bridgehead atoms. The van der Waals surface area contributed by atoms with E-state index < -0.39 is 62.2 Å². The zero-order chi connectivity index (χ0) is 54.9. The largest absolute Gasteiger partial charge is 0.658 e. The van der Waals surface area contributed by atoms with Crippen molar-refractivity contribution >= 4 is 42.7 Å². The van der Waals surface area contributed by atoms with Crippen molar-refractivity contribution < 1.29 is 60.1 Å². The first-order valence-electron chi connectivity index (χ1n) is 27.3. The molecule has 0 amide bonds. The predicted octanol–water partition coefficient (Wildman–Crippen LogP) is 10.3. The number of anilines is 1. The standard InChI is InChI=1S/C56H85N5O13Si3/c1-63-35-37-67-55(68-38-36-64-2)71-51-50(62)48(39-69-77(73-75(5,6)7,74-76(8,9)10)72-47-25-21-16-14-12-11-13-15-17-22-26-47)70-54(51)61-41-59-49-52(57-40-58-53(49)61)60-56(42-23-19-18-20-24-42,43-27-31-45(65-3)32-28-43)44-29-33-46(66-4)34-30-44/h18-20,23-24,27-34,40-41,47-48,50-51,54-55,62H,11-17,21-22,25-26,35-39H2,1-10H3,(H,57,58,60)/t48-,50-,51-,54-/m1/s1/i71+2. The Morgan fingerprint density at radius 2 is 1.19 bits per heavy atom. The average Bonchev–Trinajstić information content (AvgIpc) is 4.08. The maximum absolute atomic E-state index is 12.6. The van der Waals surface area contributed by atoms with Gasteiger partial charge in [0.1, 0.15) is 41.7 Å². The van der Waals surface area contributed by atoms with Crippen molar-refractivity contribution in [1.82, 2.24) is 19.5 Å². The fourth-order valence-electron chi connectivity index (χ4n) is 9.87. The van der Waals surface area contributed by atoms with Crippen LogP contribution < -0.4 is 14.8 Å². The number of ether oxygens (including phenoxy) is 8. The van der Waals surface area contributed by atoms with Gasteiger partial charge >= 0.3 is 9.05 Å². The molecule has 424 valence electrons. The molecule has 2 aliphatic rings. The van der Waals surface area contributed by atoms with Crippen molar-refractivity contribution in [2.75, 3.05) is 66.8 Å². The van der Waals surface area contributed by atoms with Gasteiger partial charge in [0.2, 0.25) is 0 Å². The van der Waals surface area contributed by atoms with Gasteiger partial charge in [0.05, 0.1) is 59.7 Å². The Labute approximate surface area is 459 Å². The second kappa shape index (κ2) is 28.8. The number of nitrogens with one attached hydrogen (secondary N) is 1. The quantitative estimate of drug-likeness (QED) is 0.0166. The summed E-state index contributed by atoms with van der Waals surface area (Å²) in [5, 5.41) is 16.5. The van der Waals surface area contributed by atoms with Crippen LogP contribution in [0.25, 0.3) is 11.2 Å². The number of aliphatic hydroxyl groups excluding tert-OH is 1. The molecular weight excluding hydrogens is 1040 g/mol. The number of fused-ring (bicyclic) bond motifs is 1. The molecule has 4 atom stereocenters. The average molecular weight is 1120 g/mol. The summed E-state index contributed by atoms with van der Waals surface area (Å²) in [5.74, 6) is 1.85. The highest BCUT2D eigenvalue weighted by molar-refractivity contribution is 6.83. The lowest BCUT2D eigenvalue weighted by Gasteiger charge is -2.40. The fraction of sp³-hybridized carbons (Fsp3) is 0.589. The Morgan fingerprint density at radius 1 is 0.675 bits per heavy atom. The molecule has 77 heavy (non-hydrogen) atoms. The van der Waals surface area contributed by atoms with Crippen molar-refractivity contribution in [3.8, 4) is 11.5 Å². The highest BCUT2D eigenvalue weighted by atomic mass is 28.5. The van der Waals surface area contributed by atoms with Crippen LogP contribution in [0.4, 0.5) is 5.82 Å². The van der Waals surface area contributed by atoms with Gasteiger partial charge in [0.15, 0.2) is 39.8 Å². The van der Waals surface area contributed by atoms with E-state index in [1.165, 1.54) is 38.4 Å². The number of aliphatic hydroxyl groups is 1. The third-order valence-corrected chi connectivity index (χ3v) is 21.5. The molecular formula is C56H85N5O13Si3. The van der Waals surface area contributed by atoms with E-state index in [-0.39, 0.29) is 39.1 Å². The summed E-state index contributed by atoms with van der Waals surface area (Å²) >= 11 is 0. The van der Waals surface area contributed by atoms with E-state index in [0.29, 0.717) is 28.5 Å². The number of imidazole rings is 1. The molecule has 5 aromatic rings. The third kappa shape index (κ3) is 16.7. The SMILES string of the molecule is COCCOC(OCCOC)[18O][C@@H]1[C@H](O)[C@@H](CO[Si](OC2CCCCCCCCCCC2)(O[Si](C)(C)C)O[Si](C)(C)C)O[C@H]1n1cnc2c(NC(c3ccccc3)(c3ccc(OC)cc3)c3ccc(OC)cc3)ncnc21. The lowest BCUT2D eigenvalue weighted by atomic mass is 9.77. The number of nitrogens with zero attached hydrogens (tertiary/aromatic N) is 4. The van der Waals surface area contributed by atoms with E-state index >= 15 is 0 Å². The normalized spacial score (nSPS) is 19.8. The third-order valence-electron chi connectivity index (χ3n) is 13.5. The van der Waals surface area contributed by atoms with Crippen LogP contribution in [0, 0.1) is 0 Å². The minimum Gasteiger partial charge on any atom is -0.497 e. The first kappa shape index (κ1) is 60.5. The van der Waals surface area contributed by atoms with E-state index in [2.05, 4.69) is 56.7 Å². The molecule has 2 fully saturated rings. The van der Waals surface area contributed by atoms with Crippen molar-refractivity contribution in [3.05, 3.63) is 108 Å². The summed E-state index contributed by atoms with van der Waals surface area (Å²) in [4.78, 5) is 14.7. The molecule has 1 aliphatic heterocycles. The number of methoxy groups -OCH3 is 4. The van der Waals surface area contributed by atoms with Gasteiger partial charge in [-0.15, -0.1) is 0 Å². The van der Waals surface area contributed by atoms with E-state index in [1.54, 1.807) is 39.3 Å². The Morgan fingerprint density at radius 3 is 1.70 bits per heavy atom. The van der Waals surface area contributed by atoms with Crippen LogP contribution in [-0.2, 0) is 51.0 Å². The van der Waals surface area contributed by atoms with Gasteiger partial charge in [0.25, 0.3) is 6.48 Å². The van der Waals surface area contributed by atoms with Gasteiger partial charge in [0, 0.05) is 14.2 Å². The van der Waals surface area contributed by atoms with Gasteiger partial charge in [-0.25, -0.2) is 15.0 Å². The van der Waals surface area contributed by atoms with Crippen molar-refractivity contribution in [2.45, 2.75) is 153 Å². The van der Waals surface area contributed by atoms with E-state index in [0.717, 1.165) is 55.2 Å². The molecule has 0 unspecified atom stereocenters.